The summed E-state index contributed by atoms with van der Waals surface area (Å²) in [7, 11) is 0. The van der Waals surface area contributed by atoms with E-state index in [4.69, 9.17) is 0 Å². The van der Waals surface area contributed by atoms with Crippen molar-refractivity contribution in [1.82, 2.24) is 14.1 Å². The molecule has 0 fully saturated rings. The van der Waals surface area contributed by atoms with Crippen molar-refractivity contribution in [2.24, 2.45) is 0 Å². The van der Waals surface area contributed by atoms with Gasteiger partial charge in [0, 0.05) is 11.9 Å². The molecule has 30 heavy (non-hydrogen) atoms. The third-order valence-corrected chi connectivity index (χ3v) is 5.23. The van der Waals surface area contributed by atoms with Gasteiger partial charge in [-0.1, -0.05) is 42.5 Å². The number of hydrogen-bond donors (Lipinski definition) is 0. The van der Waals surface area contributed by atoms with E-state index in [-0.39, 0.29) is 23.7 Å². The first-order chi connectivity index (χ1) is 14.6. The minimum absolute atomic E-state index is 0.197. The molecule has 0 unspecified atom stereocenters. The van der Waals surface area contributed by atoms with E-state index in [9.17, 15) is 13.6 Å². The van der Waals surface area contributed by atoms with E-state index >= 15 is 0 Å². The summed E-state index contributed by atoms with van der Waals surface area (Å²) in [5.41, 5.74) is 3.30. The number of nitrogens with zero attached hydrogens (tertiary/aromatic N) is 3. The number of para-hydroxylation sites is 1. The summed E-state index contributed by atoms with van der Waals surface area (Å²) >= 11 is 0. The summed E-state index contributed by atoms with van der Waals surface area (Å²) in [6, 6.07) is 20.0. The lowest BCUT2D eigenvalue weighted by atomic mass is 10.2. The minimum Gasteiger partial charge on any atom is -0.330 e. The Morgan fingerprint density at radius 2 is 1.60 bits per heavy atom. The van der Waals surface area contributed by atoms with Crippen LogP contribution in [0.2, 0.25) is 0 Å². The van der Waals surface area contributed by atoms with Crippen molar-refractivity contribution in [1.29, 1.82) is 0 Å². The molecule has 0 atom stereocenters. The Morgan fingerprint density at radius 3 is 2.40 bits per heavy atom. The molecule has 148 valence electrons. The second-order valence-electron chi connectivity index (χ2n) is 7.23. The quantitative estimate of drug-likeness (QED) is 0.437. The van der Waals surface area contributed by atoms with Gasteiger partial charge < -0.3 is 4.57 Å². The average Bonchev–Trinajstić information content (AvgIpc) is 3.06. The van der Waals surface area contributed by atoms with Crippen LogP contribution in [0, 0.1) is 11.6 Å². The highest BCUT2D eigenvalue weighted by molar-refractivity contribution is 6.05. The lowest BCUT2D eigenvalue weighted by molar-refractivity contribution is 0.624. The number of aromatic nitrogens is 3. The van der Waals surface area contributed by atoms with Crippen molar-refractivity contribution < 1.29 is 8.78 Å². The maximum absolute atomic E-state index is 13.7. The van der Waals surface area contributed by atoms with Crippen molar-refractivity contribution in [3.05, 3.63) is 112 Å². The van der Waals surface area contributed by atoms with E-state index in [1.54, 1.807) is 18.2 Å². The lowest BCUT2D eigenvalue weighted by Gasteiger charge is -2.09. The second kappa shape index (κ2) is 7.22. The van der Waals surface area contributed by atoms with Crippen molar-refractivity contribution >= 4 is 21.9 Å². The fourth-order valence-corrected chi connectivity index (χ4v) is 3.83. The van der Waals surface area contributed by atoms with Crippen molar-refractivity contribution in [3.8, 4) is 0 Å². The van der Waals surface area contributed by atoms with E-state index in [0.717, 1.165) is 22.0 Å². The maximum atomic E-state index is 13.7. The van der Waals surface area contributed by atoms with Gasteiger partial charge in [0.2, 0.25) is 0 Å². The van der Waals surface area contributed by atoms with Crippen LogP contribution in [-0.4, -0.2) is 14.1 Å². The van der Waals surface area contributed by atoms with Gasteiger partial charge >= 0.3 is 0 Å². The predicted octanol–water partition coefficient (Wildman–Crippen LogP) is 4.73. The fraction of sp³-hybridized carbons (Fsp3) is 0.0833. The monoisotopic (exact) mass is 401 g/mol. The van der Waals surface area contributed by atoms with Crippen LogP contribution in [0.4, 0.5) is 8.78 Å². The van der Waals surface area contributed by atoms with Crippen molar-refractivity contribution in [2.45, 2.75) is 13.1 Å². The van der Waals surface area contributed by atoms with Crippen molar-refractivity contribution in [2.75, 3.05) is 0 Å². The second-order valence-corrected chi connectivity index (χ2v) is 7.23. The van der Waals surface area contributed by atoms with Gasteiger partial charge in [0.05, 0.1) is 18.4 Å². The van der Waals surface area contributed by atoms with Crippen molar-refractivity contribution in [3.63, 3.8) is 0 Å². The zero-order chi connectivity index (χ0) is 20.7. The van der Waals surface area contributed by atoms with Crippen LogP contribution >= 0.6 is 0 Å². The minimum atomic E-state index is -0.324. The van der Waals surface area contributed by atoms with Gasteiger partial charge in [0.15, 0.2) is 0 Å². The Hall–Kier alpha value is -3.80. The molecule has 0 aliphatic rings. The first-order valence-electron chi connectivity index (χ1n) is 9.55. The van der Waals surface area contributed by atoms with E-state index in [1.807, 2.05) is 34.9 Å². The Bertz CT molecular complexity index is 1440. The van der Waals surface area contributed by atoms with Crippen LogP contribution in [-0.2, 0) is 13.1 Å². The molecule has 0 saturated heterocycles. The van der Waals surface area contributed by atoms with Crippen LogP contribution in [0.1, 0.15) is 11.1 Å². The molecule has 0 saturated carbocycles. The van der Waals surface area contributed by atoms with Crippen LogP contribution in [0.15, 0.2) is 83.9 Å². The van der Waals surface area contributed by atoms with Crippen LogP contribution < -0.4 is 5.56 Å². The molecular formula is C24H17F2N3O. The normalized spacial score (nSPS) is 11.4. The summed E-state index contributed by atoms with van der Waals surface area (Å²) in [6.45, 7) is 0.628. The fourth-order valence-electron chi connectivity index (χ4n) is 3.83. The highest BCUT2D eigenvalue weighted by Crippen LogP contribution is 2.26. The highest BCUT2D eigenvalue weighted by Gasteiger charge is 2.16. The molecule has 3 aromatic carbocycles. The Labute approximate surface area is 170 Å². The highest BCUT2D eigenvalue weighted by atomic mass is 19.1. The number of hydrogen-bond acceptors (Lipinski definition) is 2. The third-order valence-electron chi connectivity index (χ3n) is 5.23. The maximum Gasteiger partial charge on any atom is 0.278 e. The molecule has 2 aromatic heterocycles. The molecule has 0 amide bonds. The van der Waals surface area contributed by atoms with Crippen LogP contribution in [0.5, 0.6) is 0 Å². The van der Waals surface area contributed by atoms with E-state index < -0.39 is 0 Å². The number of fused-ring (bicyclic) bond motifs is 3. The average molecular weight is 401 g/mol. The van der Waals surface area contributed by atoms with Gasteiger partial charge in [-0.3, -0.25) is 9.36 Å². The predicted molar refractivity (Wildman–Crippen MR) is 113 cm³/mol. The molecule has 0 spiro atoms. The largest absolute Gasteiger partial charge is 0.330 e. The molecule has 5 aromatic rings. The summed E-state index contributed by atoms with van der Waals surface area (Å²) < 4.78 is 30.3. The molecule has 0 aliphatic carbocycles. The topological polar surface area (TPSA) is 39.8 Å². The Morgan fingerprint density at radius 1 is 0.800 bits per heavy atom. The van der Waals surface area contributed by atoms with Gasteiger partial charge in [-0.15, -0.1) is 0 Å². The first-order valence-corrected chi connectivity index (χ1v) is 9.55. The standard InChI is InChI=1S/C24H17F2N3O/c25-18-10-8-16(9-11-18)13-28-15-27-22-20-6-1-2-7-21(20)29(23(22)24(28)30)14-17-4-3-5-19(26)12-17/h1-12,15H,13-14H2. The molecule has 0 bridgehead atoms. The molecule has 0 N–H and O–H groups in total. The van der Waals surface area contributed by atoms with Crippen LogP contribution in [0.3, 0.4) is 0 Å². The first kappa shape index (κ1) is 18.2. The molecule has 4 nitrogen and oxygen atoms in total. The zero-order valence-electron chi connectivity index (χ0n) is 15.9. The SMILES string of the molecule is O=c1c2c(ncn1Cc1ccc(F)cc1)c1ccccc1n2Cc1cccc(F)c1. The van der Waals surface area contributed by atoms with Gasteiger partial charge in [-0.25, -0.2) is 13.8 Å². The van der Waals surface area contributed by atoms with Gasteiger partial charge in [-0.05, 0) is 41.5 Å². The van der Waals surface area contributed by atoms with Gasteiger partial charge in [0.1, 0.15) is 22.7 Å². The molecule has 2 heterocycles. The zero-order valence-corrected chi connectivity index (χ0v) is 15.9. The Balaban J connectivity index is 1.70. The molecule has 5 rings (SSSR count). The van der Waals surface area contributed by atoms with Gasteiger partial charge in [0.25, 0.3) is 5.56 Å². The number of halogens is 2. The summed E-state index contributed by atoms with van der Waals surface area (Å²) in [6.07, 6.45) is 1.52. The lowest BCUT2D eigenvalue weighted by Crippen LogP contribution is -2.23. The van der Waals surface area contributed by atoms with E-state index in [2.05, 4.69) is 4.98 Å². The summed E-state index contributed by atoms with van der Waals surface area (Å²) in [5, 5.41) is 0.870. The molecule has 0 aliphatic heterocycles. The van der Waals surface area contributed by atoms with E-state index in [0.29, 0.717) is 17.6 Å². The molecule has 6 heteroatoms. The Kier molecular flexibility index (Phi) is 4.39. The van der Waals surface area contributed by atoms with Gasteiger partial charge in [-0.2, -0.15) is 0 Å². The molecular weight excluding hydrogens is 384 g/mol. The number of rotatable bonds is 4. The third kappa shape index (κ3) is 3.16. The van der Waals surface area contributed by atoms with E-state index in [1.165, 1.54) is 35.2 Å². The smallest absolute Gasteiger partial charge is 0.278 e. The number of benzene rings is 3. The summed E-state index contributed by atoms with van der Waals surface area (Å²) in [5.74, 6) is -0.644. The summed E-state index contributed by atoms with van der Waals surface area (Å²) in [4.78, 5) is 18.0. The molecule has 0 radical (unpaired) electrons. The van der Waals surface area contributed by atoms with Crippen LogP contribution in [0.25, 0.3) is 21.9 Å².